The van der Waals surface area contributed by atoms with Gasteiger partial charge in [0.1, 0.15) is 0 Å². The summed E-state index contributed by atoms with van der Waals surface area (Å²) in [4.78, 5) is 58.0. The number of ether oxygens (including phenoxy) is 2. The van der Waals surface area contributed by atoms with E-state index in [1.54, 1.807) is 24.3 Å². The Labute approximate surface area is 273 Å². The number of nitrogens with one attached hydrogen (secondary N) is 4. The maximum Gasteiger partial charge on any atom is 0.407 e. The highest BCUT2D eigenvalue weighted by Crippen LogP contribution is 2.18. The topological polar surface area (TPSA) is 161 Å². The van der Waals surface area contributed by atoms with Gasteiger partial charge in [-0.2, -0.15) is 0 Å². The van der Waals surface area contributed by atoms with Crippen molar-refractivity contribution in [3.05, 3.63) is 59.6 Å². The Hall–Kier alpha value is -4.22. The van der Waals surface area contributed by atoms with Crippen molar-refractivity contribution in [2.75, 3.05) is 39.4 Å². The van der Waals surface area contributed by atoms with Gasteiger partial charge < -0.3 is 30.7 Å². The van der Waals surface area contributed by atoms with E-state index in [1.165, 1.54) is 24.2 Å². The molecule has 46 heavy (non-hydrogen) atoms. The van der Waals surface area contributed by atoms with Crippen molar-refractivity contribution in [2.24, 2.45) is 0 Å². The molecule has 0 aliphatic carbocycles. The lowest BCUT2D eigenvalue weighted by Gasteiger charge is -2.14. The van der Waals surface area contributed by atoms with Crippen LogP contribution in [-0.2, 0) is 9.47 Å². The molecule has 2 rings (SSSR count). The van der Waals surface area contributed by atoms with E-state index in [0.29, 0.717) is 35.7 Å². The Morgan fingerprint density at radius 1 is 0.609 bits per heavy atom. The minimum absolute atomic E-state index is 0.212. The minimum atomic E-state index is -0.519. The van der Waals surface area contributed by atoms with Gasteiger partial charge in [-0.25, -0.2) is 9.59 Å². The fourth-order valence-electron chi connectivity index (χ4n) is 4.30. The number of amides is 4. The zero-order valence-corrected chi connectivity index (χ0v) is 27.7. The Balaban J connectivity index is 1.78. The van der Waals surface area contributed by atoms with Crippen LogP contribution in [0.4, 0.5) is 9.59 Å². The average Bonchev–Trinajstić information content (AvgIpc) is 3.08. The number of carbonyl (C=O) groups is 4. The summed E-state index contributed by atoms with van der Waals surface area (Å²) in [6, 6.07) is 6.30. The van der Waals surface area contributed by atoms with Crippen LogP contribution in [0.5, 0.6) is 0 Å². The predicted molar refractivity (Wildman–Crippen MR) is 177 cm³/mol. The molecule has 2 heterocycles. The summed E-state index contributed by atoms with van der Waals surface area (Å²) in [5.41, 5.74) is 1.55. The van der Waals surface area contributed by atoms with E-state index < -0.39 is 12.2 Å². The summed E-state index contributed by atoms with van der Waals surface area (Å²) in [5.74, 6) is 1.71. The highest BCUT2D eigenvalue weighted by molar-refractivity contribution is 5.96. The molecule has 12 nitrogen and oxygen atoms in total. The van der Waals surface area contributed by atoms with Crippen LogP contribution in [0.1, 0.15) is 99.8 Å². The van der Waals surface area contributed by atoms with E-state index in [-0.39, 0.29) is 38.0 Å². The molecule has 0 aliphatic rings. The van der Waals surface area contributed by atoms with Crippen molar-refractivity contribution < 1.29 is 28.7 Å². The molecule has 4 N–H and O–H groups in total. The van der Waals surface area contributed by atoms with Gasteiger partial charge in [-0.15, -0.1) is 0 Å². The van der Waals surface area contributed by atoms with Crippen molar-refractivity contribution in [3.63, 3.8) is 0 Å². The quantitative estimate of drug-likeness (QED) is 0.132. The Morgan fingerprint density at radius 2 is 1.00 bits per heavy atom. The highest BCUT2D eigenvalue weighted by atomic mass is 16.6. The minimum Gasteiger partial charge on any atom is -0.449 e. The van der Waals surface area contributed by atoms with E-state index in [4.69, 9.17) is 9.47 Å². The number of pyridine rings is 2. The first-order chi connectivity index (χ1) is 22.3. The Morgan fingerprint density at radius 3 is 1.37 bits per heavy atom. The molecular formula is C34H50N6O6. The third kappa shape index (κ3) is 14.7. The molecule has 0 bridgehead atoms. The van der Waals surface area contributed by atoms with Gasteiger partial charge in [0.05, 0.1) is 24.6 Å². The fraction of sp³-hybridized carbons (Fsp3) is 0.529. The monoisotopic (exact) mass is 638 g/mol. The lowest BCUT2D eigenvalue weighted by molar-refractivity contribution is 0.0944. The van der Waals surface area contributed by atoms with E-state index in [9.17, 15) is 19.2 Å². The third-order valence-corrected chi connectivity index (χ3v) is 7.25. The first kappa shape index (κ1) is 38.0. The predicted octanol–water partition coefficient (Wildman–Crippen LogP) is 5.40. The zero-order valence-electron chi connectivity index (χ0n) is 27.7. The summed E-state index contributed by atoms with van der Waals surface area (Å²) in [7, 11) is 0. The molecule has 0 aromatic carbocycles. The summed E-state index contributed by atoms with van der Waals surface area (Å²) in [6.07, 6.45) is 9.92. The SMILES string of the molecule is CCCC[C](CC)COC(=O)NCCNC(=O)c1ccnc(-c2cc(C(=O)NCCNC(=O)OC[C](CC)CCCC)ccn2)c1. The standard InChI is InChI=1S/C34H50N6O6/c1-5-9-11-25(7-3)23-45-33(43)39-19-17-37-31(41)27-13-15-35-29(21-27)30-22-28(14-16-36-30)32(42)38-18-20-40-34(44)46-24-26(8-4)12-10-6-2/h13-16,21-22H,5-12,17-20,23-24H2,1-4H3,(H,37,41)(H,38,42)(H,39,43)(H,40,44). The lowest BCUT2D eigenvalue weighted by atomic mass is 10.0. The third-order valence-electron chi connectivity index (χ3n) is 7.25. The molecule has 2 aromatic rings. The van der Waals surface area contributed by atoms with Crippen LogP contribution in [0.25, 0.3) is 11.4 Å². The summed E-state index contributed by atoms with van der Waals surface area (Å²) in [5, 5.41) is 10.8. The van der Waals surface area contributed by atoms with Crippen LogP contribution in [0, 0.1) is 11.8 Å². The molecule has 12 heteroatoms. The second kappa shape index (κ2) is 22.3. The lowest BCUT2D eigenvalue weighted by Crippen LogP contribution is -2.35. The van der Waals surface area contributed by atoms with Crippen molar-refractivity contribution >= 4 is 24.0 Å². The van der Waals surface area contributed by atoms with E-state index >= 15 is 0 Å². The Bertz CT molecular complexity index is 1130. The maximum atomic E-state index is 12.7. The summed E-state index contributed by atoms with van der Waals surface area (Å²) >= 11 is 0. The van der Waals surface area contributed by atoms with Crippen molar-refractivity contribution in [2.45, 2.75) is 79.1 Å². The van der Waals surface area contributed by atoms with Gasteiger partial charge in [0.15, 0.2) is 0 Å². The van der Waals surface area contributed by atoms with Crippen LogP contribution < -0.4 is 21.3 Å². The number of unbranched alkanes of at least 4 members (excludes halogenated alkanes) is 2. The molecule has 4 amide bonds. The van der Waals surface area contributed by atoms with Gasteiger partial charge in [-0.3, -0.25) is 19.6 Å². The molecule has 0 saturated heterocycles. The number of rotatable bonds is 21. The van der Waals surface area contributed by atoms with Crippen molar-refractivity contribution in [3.8, 4) is 11.4 Å². The van der Waals surface area contributed by atoms with Crippen LogP contribution in [0.2, 0.25) is 0 Å². The van der Waals surface area contributed by atoms with Crippen LogP contribution in [0.3, 0.4) is 0 Å². The molecular weight excluding hydrogens is 588 g/mol. The molecule has 2 radical (unpaired) electrons. The second-order valence-electron chi connectivity index (χ2n) is 10.8. The van der Waals surface area contributed by atoms with Crippen molar-refractivity contribution in [1.82, 2.24) is 31.2 Å². The molecule has 0 atom stereocenters. The molecule has 2 aromatic heterocycles. The number of hydrogen-bond donors (Lipinski definition) is 4. The molecule has 0 fully saturated rings. The average molecular weight is 639 g/mol. The van der Waals surface area contributed by atoms with E-state index in [1.807, 2.05) is 0 Å². The smallest absolute Gasteiger partial charge is 0.407 e. The first-order valence-electron chi connectivity index (χ1n) is 16.3. The van der Waals surface area contributed by atoms with E-state index in [0.717, 1.165) is 51.4 Å². The first-order valence-corrected chi connectivity index (χ1v) is 16.3. The number of aromatic nitrogens is 2. The number of hydrogen-bond acceptors (Lipinski definition) is 8. The van der Waals surface area contributed by atoms with Gasteiger partial charge >= 0.3 is 12.2 Å². The van der Waals surface area contributed by atoms with Crippen LogP contribution in [-0.4, -0.2) is 73.4 Å². The summed E-state index contributed by atoms with van der Waals surface area (Å²) in [6.45, 7) is 9.81. The van der Waals surface area contributed by atoms with Gasteiger partial charge in [-0.05, 0) is 49.9 Å². The second-order valence-corrected chi connectivity index (χ2v) is 10.8. The molecule has 0 saturated carbocycles. The van der Waals surface area contributed by atoms with Gasteiger partial charge in [0.2, 0.25) is 0 Å². The molecule has 0 unspecified atom stereocenters. The van der Waals surface area contributed by atoms with Crippen LogP contribution >= 0.6 is 0 Å². The molecule has 0 spiro atoms. The number of carbonyl (C=O) groups excluding carboxylic acids is 4. The highest BCUT2D eigenvalue weighted by Gasteiger charge is 2.14. The fourth-order valence-corrected chi connectivity index (χ4v) is 4.30. The maximum absolute atomic E-state index is 12.7. The largest absolute Gasteiger partial charge is 0.449 e. The van der Waals surface area contributed by atoms with E-state index in [2.05, 4.69) is 58.9 Å². The number of nitrogens with zero attached hydrogens (tertiary/aromatic N) is 2. The van der Waals surface area contributed by atoms with Crippen LogP contribution in [0.15, 0.2) is 36.7 Å². The zero-order chi connectivity index (χ0) is 33.6. The van der Waals surface area contributed by atoms with Gasteiger partial charge in [0, 0.05) is 61.5 Å². The van der Waals surface area contributed by atoms with Crippen molar-refractivity contribution in [1.29, 1.82) is 0 Å². The Kier molecular flexibility index (Phi) is 18.4. The van der Waals surface area contributed by atoms with Gasteiger partial charge in [-0.1, -0.05) is 53.4 Å². The summed E-state index contributed by atoms with van der Waals surface area (Å²) < 4.78 is 10.6. The molecule has 0 aliphatic heterocycles. The normalized spacial score (nSPS) is 10.8. The number of alkyl carbamates (subject to hydrolysis) is 2. The van der Waals surface area contributed by atoms with Gasteiger partial charge in [0.25, 0.3) is 11.8 Å². The molecule has 252 valence electrons.